The Morgan fingerprint density at radius 3 is 0.800 bits per heavy atom. The fourth-order valence-corrected chi connectivity index (χ4v) is 4.37. The van der Waals surface area contributed by atoms with Crippen molar-refractivity contribution >= 4 is 17.2 Å². The molecule has 0 saturated carbocycles. The molecule has 0 N–H and O–H groups in total. The second kappa shape index (κ2) is 32.0. The van der Waals surface area contributed by atoms with E-state index in [1.54, 1.807) is 0 Å². The van der Waals surface area contributed by atoms with E-state index in [1.165, 1.54) is 93.2 Å². The van der Waals surface area contributed by atoms with Crippen molar-refractivity contribution in [1.29, 1.82) is 0 Å². The smallest absolute Gasteiger partial charge is 0.0354 e. The highest BCUT2D eigenvalue weighted by Gasteiger charge is 1.86. The summed E-state index contributed by atoms with van der Waals surface area (Å²) in [5.74, 6) is 0. The Morgan fingerprint density at radius 1 is 0.450 bits per heavy atom. The normalized spacial score (nSPS) is 9.30. The Kier molecular flexibility index (Phi) is 41.3. The summed E-state index contributed by atoms with van der Waals surface area (Å²) in [6.07, 6.45) is 17.2. The molecular formula is C18H44P2. The van der Waals surface area contributed by atoms with Crippen LogP contribution in [0.3, 0.4) is 0 Å². The molecule has 0 nitrogen and oxygen atoms in total. The summed E-state index contributed by atoms with van der Waals surface area (Å²) in [7, 11) is 2.49. The van der Waals surface area contributed by atoms with Crippen molar-refractivity contribution in [2.24, 2.45) is 0 Å². The standard InChI is InChI=1S/2C8H19P.C2H6/c2*1-3-5-7-9-8-6-4-2;1-2/h2*9H,3-8H2,1-2H3;1-2H3. The molecule has 0 amide bonds. The minimum absolute atomic E-state index is 1.25. The molecule has 2 heteroatoms. The van der Waals surface area contributed by atoms with Gasteiger partial charge in [-0.2, -0.15) is 0 Å². The van der Waals surface area contributed by atoms with Crippen molar-refractivity contribution in [2.75, 3.05) is 24.6 Å². The van der Waals surface area contributed by atoms with Gasteiger partial charge in [-0.3, -0.25) is 0 Å². The van der Waals surface area contributed by atoms with Gasteiger partial charge in [-0.1, -0.05) is 67.2 Å². The van der Waals surface area contributed by atoms with Crippen LogP contribution in [0.2, 0.25) is 0 Å². The molecule has 0 saturated heterocycles. The molecule has 0 heterocycles. The molecule has 0 radical (unpaired) electrons. The van der Waals surface area contributed by atoms with Gasteiger partial charge < -0.3 is 0 Å². The summed E-state index contributed by atoms with van der Waals surface area (Å²) in [6, 6.07) is 0. The molecule has 0 aromatic heterocycles. The van der Waals surface area contributed by atoms with E-state index in [2.05, 4.69) is 27.7 Å². The molecule has 0 aromatic carbocycles. The lowest BCUT2D eigenvalue weighted by molar-refractivity contribution is 0.874. The summed E-state index contributed by atoms with van der Waals surface area (Å²) in [5, 5.41) is 0. The van der Waals surface area contributed by atoms with Crippen LogP contribution in [0.25, 0.3) is 0 Å². The third-order valence-corrected chi connectivity index (χ3v) is 5.66. The zero-order valence-electron chi connectivity index (χ0n) is 15.5. The van der Waals surface area contributed by atoms with E-state index in [0.29, 0.717) is 0 Å². The molecule has 0 unspecified atom stereocenters. The molecule has 0 aromatic rings. The molecule has 0 aliphatic carbocycles. The summed E-state index contributed by atoms with van der Waals surface area (Å²) < 4.78 is 0. The first-order chi connectivity index (χ1) is 9.83. The van der Waals surface area contributed by atoms with Crippen LogP contribution in [-0.2, 0) is 0 Å². The zero-order chi connectivity index (χ0) is 15.9. The van der Waals surface area contributed by atoms with E-state index in [9.17, 15) is 0 Å². The van der Waals surface area contributed by atoms with E-state index >= 15 is 0 Å². The fourth-order valence-electron chi connectivity index (χ4n) is 1.46. The number of hydrogen-bond donors (Lipinski definition) is 0. The van der Waals surface area contributed by atoms with E-state index < -0.39 is 0 Å². The molecule has 20 heavy (non-hydrogen) atoms. The summed E-state index contributed by atoms with van der Waals surface area (Å²) >= 11 is 0. The molecule has 0 spiro atoms. The third-order valence-electron chi connectivity index (χ3n) is 2.83. The van der Waals surface area contributed by atoms with E-state index in [-0.39, 0.29) is 0 Å². The van der Waals surface area contributed by atoms with E-state index in [1.807, 2.05) is 13.8 Å². The molecule has 0 bridgehead atoms. The Balaban J connectivity index is -0.000000257. The SMILES string of the molecule is CC.CCCCPCCCC.CCCCPCCCC. The molecule has 0 rings (SSSR count). The molecule has 0 fully saturated rings. The minimum Gasteiger partial charge on any atom is -0.122 e. The molecule has 0 aliphatic rings. The highest BCUT2D eigenvalue weighted by atomic mass is 31.1. The van der Waals surface area contributed by atoms with Crippen LogP contribution in [-0.4, -0.2) is 24.6 Å². The average Bonchev–Trinajstić information content (AvgIpc) is 2.50. The lowest BCUT2D eigenvalue weighted by atomic mass is 10.4. The van der Waals surface area contributed by atoms with Crippen molar-refractivity contribution < 1.29 is 0 Å². The van der Waals surface area contributed by atoms with Crippen LogP contribution in [0, 0.1) is 0 Å². The topological polar surface area (TPSA) is 0 Å². The van der Waals surface area contributed by atoms with Crippen LogP contribution in [0.4, 0.5) is 0 Å². The van der Waals surface area contributed by atoms with Crippen LogP contribution in [0.5, 0.6) is 0 Å². The van der Waals surface area contributed by atoms with Crippen molar-refractivity contribution in [2.45, 2.75) is 92.9 Å². The second-order valence-corrected chi connectivity index (χ2v) is 7.91. The van der Waals surface area contributed by atoms with E-state index in [0.717, 1.165) is 0 Å². The Bertz CT molecular complexity index is 90.0. The molecule has 126 valence electrons. The Labute approximate surface area is 135 Å². The largest absolute Gasteiger partial charge is 0.122 e. The van der Waals surface area contributed by atoms with Gasteiger partial charge in [0.2, 0.25) is 0 Å². The molecular weight excluding hydrogens is 278 g/mol. The number of rotatable bonds is 12. The van der Waals surface area contributed by atoms with Crippen molar-refractivity contribution in [3.63, 3.8) is 0 Å². The summed E-state index contributed by atoms with van der Waals surface area (Å²) in [4.78, 5) is 0. The second-order valence-electron chi connectivity index (χ2n) is 4.91. The number of hydrogen-bond acceptors (Lipinski definition) is 0. The van der Waals surface area contributed by atoms with Crippen LogP contribution < -0.4 is 0 Å². The Hall–Kier alpha value is 0.860. The third kappa shape index (κ3) is 36.4. The highest BCUT2D eigenvalue weighted by molar-refractivity contribution is 7.38. The highest BCUT2D eigenvalue weighted by Crippen LogP contribution is 2.14. The van der Waals surface area contributed by atoms with Crippen LogP contribution in [0.1, 0.15) is 92.9 Å². The monoisotopic (exact) mass is 322 g/mol. The van der Waals surface area contributed by atoms with Gasteiger partial charge in [-0.05, 0) is 50.3 Å². The van der Waals surface area contributed by atoms with Gasteiger partial charge in [0.05, 0.1) is 0 Å². The maximum atomic E-state index is 2.27. The van der Waals surface area contributed by atoms with Gasteiger partial charge in [0.1, 0.15) is 0 Å². The van der Waals surface area contributed by atoms with E-state index in [4.69, 9.17) is 0 Å². The minimum atomic E-state index is 1.25. The maximum Gasteiger partial charge on any atom is -0.0354 e. The van der Waals surface area contributed by atoms with Crippen molar-refractivity contribution in [1.82, 2.24) is 0 Å². The summed E-state index contributed by atoms with van der Waals surface area (Å²) in [6.45, 7) is 13.1. The van der Waals surface area contributed by atoms with Gasteiger partial charge in [0.15, 0.2) is 0 Å². The molecule has 0 atom stereocenters. The zero-order valence-corrected chi connectivity index (χ0v) is 17.5. The predicted molar refractivity (Wildman–Crippen MR) is 107 cm³/mol. The fraction of sp³-hybridized carbons (Fsp3) is 1.00. The van der Waals surface area contributed by atoms with Gasteiger partial charge in [0.25, 0.3) is 0 Å². The van der Waals surface area contributed by atoms with Gasteiger partial charge >= 0.3 is 0 Å². The maximum absolute atomic E-state index is 2.27. The summed E-state index contributed by atoms with van der Waals surface area (Å²) in [5.41, 5.74) is 0. The first kappa shape index (κ1) is 25.8. The lowest BCUT2D eigenvalue weighted by Crippen LogP contribution is -1.78. The van der Waals surface area contributed by atoms with Crippen molar-refractivity contribution in [3.8, 4) is 0 Å². The average molecular weight is 322 g/mol. The molecule has 0 aliphatic heterocycles. The predicted octanol–water partition coefficient (Wildman–Crippen LogP) is 7.56. The van der Waals surface area contributed by atoms with Crippen molar-refractivity contribution in [3.05, 3.63) is 0 Å². The Morgan fingerprint density at radius 2 is 0.650 bits per heavy atom. The van der Waals surface area contributed by atoms with Gasteiger partial charge in [-0.25, -0.2) is 0 Å². The van der Waals surface area contributed by atoms with Crippen LogP contribution >= 0.6 is 17.2 Å². The van der Waals surface area contributed by atoms with Crippen LogP contribution in [0.15, 0.2) is 0 Å². The quantitative estimate of drug-likeness (QED) is 0.257. The first-order valence-corrected chi connectivity index (χ1v) is 12.1. The lowest BCUT2D eigenvalue weighted by Gasteiger charge is -1.96. The number of unbranched alkanes of at least 4 members (excludes halogenated alkanes) is 4. The van der Waals surface area contributed by atoms with Gasteiger partial charge in [0, 0.05) is 0 Å². The van der Waals surface area contributed by atoms with Gasteiger partial charge in [-0.15, -0.1) is 17.2 Å². The first-order valence-electron chi connectivity index (χ1n) is 9.24.